The second-order valence-electron chi connectivity index (χ2n) is 4.62. The fraction of sp³-hybridized carbons (Fsp3) is 1.00. The SMILES string of the molecule is NNC(CC1CCOCC1)C1CCCO1. The van der Waals surface area contributed by atoms with Gasteiger partial charge in [0.05, 0.1) is 6.10 Å². The zero-order valence-corrected chi connectivity index (χ0v) is 9.28. The second-order valence-corrected chi connectivity index (χ2v) is 4.62. The molecule has 2 fully saturated rings. The number of ether oxygens (including phenoxy) is 2. The minimum absolute atomic E-state index is 0.329. The maximum atomic E-state index is 5.67. The number of nitrogens with two attached hydrogens (primary N) is 1. The molecule has 88 valence electrons. The lowest BCUT2D eigenvalue weighted by atomic mass is 9.90. The molecule has 3 N–H and O–H groups in total. The predicted octanol–water partition coefficient (Wildman–Crippen LogP) is 0.814. The Bertz CT molecular complexity index is 177. The fourth-order valence-corrected chi connectivity index (χ4v) is 2.59. The number of hydrogen-bond donors (Lipinski definition) is 2. The van der Waals surface area contributed by atoms with E-state index in [1.165, 1.54) is 19.3 Å². The first-order chi connectivity index (χ1) is 7.40. The van der Waals surface area contributed by atoms with Gasteiger partial charge in [0.25, 0.3) is 0 Å². The molecule has 0 bridgehead atoms. The van der Waals surface area contributed by atoms with E-state index in [1.807, 2.05) is 0 Å². The van der Waals surface area contributed by atoms with Gasteiger partial charge < -0.3 is 9.47 Å². The van der Waals surface area contributed by atoms with Gasteiger partial charge in [-0.05, 0) is 38.0 Å². The Balaban J connectivity index is 1.78. The molecule has 2 saturated heterocycles. The normalized spacial score (nSPS) is 30.6. The smallest absolute Gasteiger partial charge is 0.0742 e. The Morgan fingerprint density at radius 1 is 1.20 bits per heavy atom. The van der Waals surface area contributed by atoms with Gasteiger partial charge in [0.1, 0.15) is 0 Å². The van der Waals surface area contributed by atoms with Crippen LogP contribution in [0.4, 0.5) is 0 Å². The van der Waals surface area contributed by atoms with Crippen molar-refractivity contribution in [2.75, 3.05) is 19.8 Å². The summed E-state index contributed by atoms with van der Waals surface area (Å²) in [6.45, 7) is 2.72. The lowest BCUT2D eigenvalue weighted by molar-refractivity contribution is 0.0378. The van der Waals surface area contributed by atoms with E-state index in [0.29, 0.717) is 12.1 Å². The summed E-state index contributed by atoms with van der Waals surface area (Å²) in [6, 6.07) is 0.329. The first-order valence-electron chi connectivity index (χ1n) is 6.05. The van der Waals surface area contributed by atoms with Gasteiger partial charge in [-0.3, -0.25) is 11.3 Å². The monoisotopic (exact) mass is 214 g/mol. The minimum atomic E-state index is 0.329. The molecular weight excluding hydrogens is 192 g/mol. The summed E-state index contributed by atoms with van der Waals surface area (Å²) in [5, 5.41) is 0. The molecule has 2 rings (SSSR count). The highest BCUT2D eigenvalue weighted by Crippen LogP contribution is 2.25. The van der Waals surface area contributed by atoms with Gasteiger partial charge in [-0.15, -0.1) is 0 Å². The van der Waals surface area contributed by atoms with Gasteiger partial charge in [-0.1, -0.05) is 0 Å². The highest BCUT2D eigenvalue weighted by atomic mass is 16.5. The maximum absolute atomic E-state index is 5.67. The summed E-state index contributed by atoms with van der Waals surface area (Å²) in [7, 11) is 0. The van der Waals surface area contributed by atoms with Crippen molar-refractivity contribution in [1.29, 1.82) is 0 Å². The molecule has 0 spiro atoms. The van der Waals surface area contributed by atoms with Gasteiger partial charge in [-0.2, -0.15) is 0 Å². The van der Waals surface area contributed by atoms with Gasteiger partial charge >= 0.3 is 0 Å². The summed E-state index contributed by atoms with van der Waals surface area (Å²) in [5.74, 6) is 6.36. The number of nitrogens with one attached hydrogen (secondary N) is 1. The Hall–Kier alpha value is -0.160. The van der Waals surface area contributed by atoms with E-state index < -0.39 is 0 Å². The molecule has 0 amide bonds. The van der Waals surface area contributed by atoms with Crippen molar-refractivity contribution in [2.24, 2.45) is 11.8 Å². The lowest BCUT2D eigenvalue weighted by Crippen LogP contribution is -2.45. The van der Waals surface area contributed by atoms with Crippen molar-refractivity contribution in [3.63, 3.8) is 0 Å². The summed E-state index contributed by atoms with van der Waals surface area (Å²) < 4.78 is 11.0. The Labute approximate surface area is 91.5 Å². The molecule has 2 aliphatic rings. The van der Waals surface area contributed by atoms with E-state index in [0.717, 1.165) is 38.6 Å². The molecule has 15 heavy (non-hydrogen) atoms. The van der Waals surface area contributed by atoms with Crippen molar-refractivity contribution in [1.82, 2.24) is 5.43 Å². The first kappa shape index (κ1) is 11.3. The summed E-state index contributed by atoms with van der Waals surface area (Å²) in [5.41, 5.74) is 2.93. The molecule has 0 radical (unpaired) electrons. The van der Waals surface area contributed by atoms with Gasteiger partial charge in [0.15, 0.2) is 0 Å². The number of rotatable bonds is 4. The zero-order chi connectivity index (χ0) is 10.5. The summed E-state index contributed by atoms with van der Waals surface area (Å²) in [6.07, 6.45) is 6.13. The fourth-order valence-electron chi connectivity index (χ4n) is 2.59. The Kier molecular flexibility index (Phi) is 4.38. The predicted molar refractivity (Wildman–Crippen MR) is 58.2 cm³/mol. The lowest BCUT2D eigenvalue weighted by Gasteiger charge is -2.29. The highest BCUT2D eigenvalue weighted by Gasteiger charge is 2.28. The molecule has 2 unspecified atom stereocenters. The molecule has 2 aliphatic heterocycles. The van der Waals surface area contributed by atoms with E-state index >= 15 is 0 Å². The van der Waals surface area contributed by atoms with Crippen molar-refractivity contribution < 1.29 is 9.47 Å². The van der Waals surface area contributed by atoms with Crippen LogP contribution in [0.1, 0.15) is 32.1 Å². The van der Waals surface area contributed by atoms with Crippen molar-refractivity contribution in [3.05, 3.63) is 0 Å². The van der Waals surface area contributed by atoms with E-state index in [9.17, 15) is 0 Å². The summed E-state index contributed by atoms with van der Waals surface area (Å²) >= 11 is 0. The largest absolute Gasteiger partial charge is 0.381 e. The van der Waals surface area contributed by atoms with Gasteiger partial charge in [0, 0.05) is 25.9 Å². The van der Waals surface area contributed by atoms with E-state index in [1.54, 1.807) is 0 Å². The highest BCUT2D eigenvalue weighted by molar-refractivity contribution is 4.81. The molecule has 4 heteroatoms. The quantitative estimate of drug-likeness (QED) is 0.537. The Morgan fingerprint density at radius 3 is 2.60 bits per heavy atom. The average Bonchev–Trinajstić information content (AvgIpc) is 2.81. The summed E-state index contributed by atoms with van der Waals surface area (Å²) in [4.78, 5) is 0. The molecule has 2 heterocycles. The molecule has 4 nitrogen and oxygen atoms in total. The second kappa shape index (κ2) is 5.80. The van der Waals surface area contributed by atoms with Crippen molar-refractivity contribution in [3.8, 4) is 0 Å². The van der Waals surface area contributed by atoms with Crippen LogP contribution in [0.5, 0.6) is 0 Å². The molecule has 0 saturated carbocycles. The molecule has 0 aromatic rings. The molecule has 2 atom stereocenters. The number of hydrazine groups is 1. The molecular formula is C11H22N2O2. The minimum Gasteiger partial charge on any atom is -0.381 e. The van der Waals surface area contributed by atoms with E-state index in [-0.39, 0.29) is 0 Å². The van der Waals surface area contributed by atoms with Crippen LogP contribution in [0.3, 0.4) is 0 Å². The number of hydrogen-bond acceptors (Lipinski definition) is 4. The van der Waals surface area contributed by atoms with Crippen LogP contribution in [0.25, 0.3) is 0 Å². The van der Waals surface area contributed by atoms with Crippen LogP contribution in [-0.4, -0.2) is 32.0 Å². The van der Waals surface area contributed by atoms with E-state index in [4.69, 9.17) is 15.3 Å². The third kappa shape index (κ3) is 3.14. The van der Waals surface area contributed by atoms with Crippen LogP contribution in [0, 0.1) is 5.92 Å². The van der Waals surface area contributed by atoms with Crippen LogP contribution in [-0.2, 0) is 9.47 Å². The zero-order valence-electron chi connectivity index (χ0n) is 9.28. The topological polar surface area (TPSA) is 56.5 Å². The van der Waals surface area contributed by atoms with Crippen LogP contribution < -0.4 is 11.3 Å². The standard InChI is InChI=1S/C11H22N2O2/c12-13-10(11-2-1-5-15-11)8-9-3-6-14-7-4-9/h9-11,13H,1-8,12H2. The van der Waals surface area contributed by atoms with Crippen LogP contribution in [0.2, 0.25) is 0 Å². The van der Waals surface area contributed by atoms with Crippen molar-refractivity contribution in [2.45, 2.75) is 44.2 Å². The third-order valence-electron chi connectivity index (χ3n) is 3.56. The van der Waals surface area contributed by atoms with E-state index in [2.05, 4.69) is 5.43 Å². The Morgan fingerprint density at radius 2 is 2.00 bits per heavy atom. The van der Waals surface area contributed by atoms with Gasteiger partial charge in [0.2, 0.25) is 0 Å². The average molecular weight is 214 g/mol. The molecule has 0 aromatic carbocycles. The molecule has 0 aliphatic carbocycles. The third-order valence-corrected chi connectivity index (χ3v) is 3.56. The first-order valence-corrected chi connectivity index (χ1v) is 6.05. The van der Waals surface area contributed by atoms with Crippen molar-refractivity contribution >= 4 is 0 Å². The van der Waals surface area contributed by atoms with Crippen LogP contribution in [0.15, 0.2) is 0 Å². The van der Waals surface area contributed by atoms with Gasteiger partial charge in [-0.25, -0.2) is 0 Å². The molecule has 0 aromatic heterocycles. The maximum Gasteiger partial charge on any atom is 0.0742 e. The van der Waals surface area contributed by atoms with Crippen LogP contribution >= 0.6 is 0 Å².